The van der Waals surface area contributed by atoms with E-state index in [2.05, 4.69) is 36.1 Å². The van der Waals surface area contributed by atoms with Gasteiger partial charge >= 0.3 is 0 Å². The number of piperazine rings is 1. The lowest BCUT2D eigenvalue weighted by Crippen LogP contribution is -2.72. The van der Waals surface area contributed by atoms with E-state index in [1.54, 1.807) is 12.1 Å². The third-order valence-electron chi connectivity index (χ3n) is 6.83. The van der Waals surface area contributed by atoms with Crippen molar-refractivity contribution in [2.75, 3.05) is 19.7 Å². The zero-order valence-corrected chi connectivity index (χ0v) is 18.1. The van der Waals surface area contributed by atoms with Crippen molar-refractivity contribution in [3.8, 4) is 11.1 Å². The molecule has 0 aromatic heterocycles. The van der Waals surface area contributed by atoms with E-state index in [4.69, 9.17) is 0 Å². The van der Waals surface area contributed by atoms with Crippen LogP contribution in [-0.2, 0) is 11.3 Å². The minimum Gasteiger partial charge on any atom is -0.394 e. The van der Waals surface area contributed by atoms with E-state index in [1.165, 1.54) is 17.2 Å². The minimum atomic E-state index is -0.243. The summed E-state index contributed by atoms with van der Waals surface area (Å²) in [5.41, 5.74) is 4.89. The summed E-state index contributed by atoms with van der Waals surface area (Å²) < 4.78 is 14.2. The third-order valence-corrected chi connectivity index (χ3v) is 6.83. The molecule has 2 aliphatic rings. The number of aryl methyl sites for hydroxylation is 1. The molecule has 0 spiro atoms. The Morgan fingerprint density at radius 2 is 1.72 bits per heavy atom. The zero-order chi connectivity index (χ0) is 22.2. The molecule has 164 valence electrons. The van der Waals surface area contributed by atoms with Crippen molar-refractivity contribution in [2.24, 2.45) is 0 Å². The van der Waals surface area contributed by atoms with Gasteiger partial charge in [-0.1, -0.05) is 72.3 Å². The predicted octanol–water partition coefficient (Wildman–Crippen LogP) is 3.97. The maximum atomic E-state index is 14.2. The molecule has 0 saturated carbocycles. The van der Waals surface area contributed by atoms with Crippen LogP contribution in [0.3, 0.4) is 0 Å². The largest absolute Gasteiger partial charge is 0.394 e. The number of fused-ring (bicyclic) bond motifs is 1. The van der Waals surface area contributed by atoms with Crippen LogP contribution in [0.15, 0.2) is 72.8 Å². The maximum Gasteiger partial charge on any atom is 0.237 e. The number of nitrogens with zero attached hydrogens (tertiary/aromatic N) is 2. The molecule has 2 fully saturated rings. The Morgan fingerprint density at radius 1 is 1.00 bits per heavy atom. The highest BCUT2D eigenvalue weighted by molar-refractivity contribution is 5.81. The van der Waals surface area contributed by atoms with Crippen molar-refractivity contribution < 1.29 is 14.3 Å². The van der Waals surface area contributed by atoms with Crippen LogP contribution in [-0.4, -0.2) is 52.6 Å². The number of carbonyl (C=O) groups excluding carboxylic acids is 1. The summed E-state index contributed by atoms with van der Waals surface area (Å²) in [6.45, 7) is 3.90. The monoisotopic (exact) mass is 430 g/mol. The third kappa shape index (κ3) is 3.72. The second-order valence-electron chi connectivity index (χ2n) is 8.90. The van der Waals surface area contributed by atoms with E-state index in [-0.39, 0.29) is 36.3 Å². The van der Waals surface area contributed by atoms with Gasteiger partial charge in [0.1, 0.15) is 5.82 Å². The van der Waals surface area contributed by atoms with Crippen molar-refractivity contribution in [2.45, 2.75) is 31.5 Å². The molecule has 1 N–H and O–H groups in total. The number of aliphatic hydroxyl groups excluding tert-OH is 1. The van der Waals surface area contributed by atoms with Crippen LogP contribution in [0.2, 0.25) is 0 Å². The molecule has 0 unspecified atom stereocenters. The van der Waals surface area contributed by atoms with E-state index in [0.717, 1.165) is 24.2 Å². The normalized spacial score (nSPS) is 23.0. The molecule has 0 bridgehead atoms. The number of rotatable bonds is 5. The first-order valence-corrected chi connectivity index (χ1v) is 11.1. The molecule has 4 nitrogen and oxygen atoms in total. The Morgan fingerprint density at radius 3 is 2.41 bits per heavy atom. The fourth-order valence-electron chi connectivity index (χ4n) is 5.22. The van der Waals surface area contributed by atoms with Crippen molar-refractivity contribution in [1.29, 1.82) is 0 Å². The van der Waals surface area contributed by atoms with Crippen LogP contribution >= 0.6 is 0 Å². The van der Waals surface area contributed by atoms with Gasteiger partial charge in [0.2, 0.25) is 5.91 Å². The maximum absolute atomic E-state index is 14.2. The van der Waals surface area contributed by atoms with Gasteiger partial charge in [0.15, 0.2) is 0 Å². The molecule has 2 heterocycles. The number of carbonyl (C=O) groups is 1. The average molecular weight is 431 g/mol. The van der Waals surface area contributed by atoms with Gasteiger partial charge in [0.25, 0.3) is 0 Å². The summed E-state index contributed by atoms with van der Waals surface area (Å²) in [4.78, 5) is 16.9. The number of aliphatic hydroxyl groups is 1. The molecule has 3 aromatic carbocycles. The molecular weight excluding hydrogens is 403 g/mol. The molecule has 5 rings (SSSR count). The number of hydrogen-bond acceptors (Lipinski definition) is 3. The van der Waals surface area contributed by atoms with Gasteiger partial charge in [0.05, 0.1) is 25.2 Å². The first-order valence-electron chi connectivity index (χ1n) is 11.1. The highest BCUT2D eigenvalue weighted by Gasteiger charge is 2.53. The molecule has 3 atom stereocenters. The van der Waals surface area contributed by atoms with Crippen LogP contribution in [0, 0.1) is 12.7 Å². The van der Waals surface area contributed by atoms with Gasteiger partial charge in [-0.3, -0.25) is 9.69 Å². The summed E-state index contributed by atoms with van der Waals surface area (Å²) in [7, 11) is 0. The Hall–Kier alpha value is -3.02. The van der Waals surface area contributed by atoms with Crippen LogP contribution < -0.4 is 0 Å². The quantitative estimate of drug-likeness (QED) is 0.666. The molecule has 1 amide bonds. The lowest BCUT2D eigenvalue weighted by atomic mass is 9.73. The molecule has 3 aromatic rings. The molecular formula is C27H27FN2O2. The Labute approximate surface area is 187 Å². The minimum absolute atomic E-state index is 0.0400. The van der Waals surface area contributed by atoms with E-state index in [1.807, 2.05) is 35.2 Å². The number of hydrogen-bond donors (Lipinski definition) is 1. The van der Waals surface area contributed by atoms with Crippen LogP contribution in [0.1, 0.15) is 22.6 Å². The SMILES string of the molecule is Cc1ccc(CN2CC(=O)N3[C@H](CO)[C@@H](c4ccc(-c5ccccc5F)cc4)[C@H]3C2)cc1. The van der Waals surface area contributed by atoms with E-state index in [0.29, 0.717) is 12.1 Å². The van der Waals surface area contributed by atoms with Gasteiger partial charge in [-0.25, -0.2) is 4.39 Å². The molecule has 2 saturated heterocycles. The first-order chi connectivity index (χ1) is 15.5. The van der Waals surface area contributed by atoms with E-state index >= 15 is 0 Å². The molecule has 0 radical (unpaired) electrons. The van der Waals surface area contributed by atoms with Gasteiger partial charge in [0, 0.05) is 24.6 Å². The zero-order valence-electron chi connectivity index (χ0n) is 18.1. The Bertz CT molecular complexity index is 1110. The highest BCUT2D eigenvalue weighted by atomic mass is 19.1. The Kier molecular flexibility index (Phi) is 5.53. The van der Waals surface area contributed by atoms with Crippen molar-refractivity contribution in [3.05, 3.63) is 95.3 Å². The van der Waals surface area contributed by atoms with E-state index < -0.39 is 0 Å². The van der Waals surface area contributed by atoms with E-state index in [9.17, 15) is 14.3 Å². The second-order valence-corrected chi connectivity index (χ2v) is 8.90. The van der Waals surface area contributed by atoms with Crippen molar-refractivity contribution >= 4 is 5.91 Å². The first kappa shape index (κ1) is 20.9. The second kappa shape index (κ2) is 8.49. The summed E-state index contributed by atoms with van der Waals surface area (Å²) >= 11 is 0. The van der Waals surface area contributed by atoms with Crippen LogP contribution in [0.25, 0.3) is 11.1 Å². The Balaban J connectivity index is 1.36. The van der Waals surface area contributed by atoms with Crippen molar-refractivity contribution in [1.82, 2.24) is 9.80 Å². The molecule has 32 heavy (non-hydrogen) atoms. The van der Waals surface area contributed by atoms with Gasteiger partial charge < -0.3 is 10.0 Å². The van der Waals surface area contributed by atoms with Gasteiger partial charge in [-0.05, 0) is 29.7 Å². The number of amides is 1. The van der Waals surface area contributed by atoms with Gasteiger partial charge in [-0.2, -0.15) is 0 Å². The fraction of sp³-hybridized carbons (Fsp3) is 0.296. The highest BCUT2D eigenvalue weighted by Crippen LogP contribution is 2.43. The molecule has 5 heteroatoms. The van der Waals surface area contributed by atoms with Gasteiger partial charge in [-0.15, -0.1) is 0 Å². The average Bonchev–Trinajstić information content (AvgIpc) is 2.78. The summed E-state index contributed by atoms with van der Waals surface area (Å²) in [5, 5.41) is 10.0. The summed E-state index contributed by atoms with van der Waals surface area (Å²) in [6, 6.07) is 22.9. The lowest BCUT2D eigenvalue weighted by molar-refractivity contribution is -0.162. The van der Waals surface area contributed by atoms with Crippen molar-refractivity contribution in [3.63, 3.8) is 0 Å². The summed E-state index contributed by atoms with van der Waals surface area (Å²) in [6.07, 6.45) is 0. The van der Waals surface area contributed by atoms with Crippen LogP contribution in [0.5, 0.6) is 0 Å². The molecule has 2 aliphatic heterocycles. The lowest BCUT2D eigenvalue weighted by Gasteiger charge is -2.59. The number of halogens is 1. The topological polar surface area (TPSA) is 43.8 Å². The molecule has 0 aliphatic carbocycles. The smallest absolute Gasteiger partial charge is 0.237 e. The van der Waals surface area contributed by atoms with Crippen LogP contribution in [0.4, 0.5) is 4.39 Å². The number of benzene rings is 3. The standard InChI is InChI=1S/C27H27FN2O2/c1-18-6-8-19(9-7-18)14-29-15-24-27(25(17-31)30(24)26(32)16-29)21-12-10-20(11-13-21)22-4-2-3-5-23(22)28/h2-13,24-25,27,31H,14-17H2,1H3/t24-,25-,27+/m1/s1. The fourth-order valence-corrected chi connectivity index (χ4v) is 5.22. The predicted molar refractivity (Wildman–Crippen MR) is 123 cm³/mol. The summed E-state index contributed by atoms with van der Waals surface area (Å²) in [5.74, 6) is -0.0981.